The summed E-state index contributed by atoms with van der Waals surface area (Å²) in [7, 11) is 0. The molecule has 2 unspecified atom stereocenters. The Kier molecular flexibility index (Phi) is 6.39. The third-order valence-electron chi connectivity index (χ3n) is 4.01. The molecular formula is C15H20BrF2NO2. The topological polar surface area (TPSA) is 41.5 Å². The molecule has 0 radical (unpaired) electrons. The first-order chi connectivity index (χ1) is 10.1. The van der Waals surface area contributed by atoms with E-state index in [1.54, 1.807) is 18.2 Å². The molecule has 118 valence electrons. The lowest BCUT2D eigenvalue weighted by Crippen LogP contribution is -2.26. The first kappa shape index (κ1) is 16.6. The van der Waals surface area contributed by atoms with Crippen molar-refractivity contribution >= 4 is 15.9 Å². The molecular weight excluding hydrogens is 344 g/mol. The molecule has 3 nitrogen and oxygen atoms in total. The van der Waals surface area contributed by atoms with Gasteiger partial charge in [0.25, 0.3) is 0 Å². The molecule has 2 rings (SSSR count). The summed E-state index contributed by atoms with van der Waals surface area (Å²) in [4.78, 5) is 0. The number of aliphatic hydroxyl groups is 1. The Morgan fingerprint density at radius 2 is 2.10 bits per heavy atom. The van der Waals surface area contributed by atoms with Crippen molar-refractivity contribution < 1.29 is 18.6 Å². The van der Waals surface area contributed by atoms with E-state index in [9.17, 15) is 13.9 Å². The Hall–Kier alpha value is -0.720. The fraction of sp³-hybridized carbons (Fsp3) is 0.600. The molecule has 0 saturated heterocycles. The van der Waals surface area contributed by atoms with Gasteiger partial charge in [0, 0.05) is 23.2 Å². The summed E-state index contributed by atoms with van der Waals surface area (Å²) in [5.74, 6) is 1.02. The molecule has 6 heteroatoms. The number of halogens is 3. The van der Waals surface area contributed by atoms with Crippen LogP contribution in [0.2, 0.25) is 0 Å². The summed E-state index contributed by atoms with van der Waals surface area (Å²) in [6.45, 7) is -1.34. The predicted molar refractivity (Wildman–Crippen MR) is 80.4 cm³/mol. The van der Waals surface area contributed by atoms with Crippen molar-refractivity contribution in [1.82, 2.24) is 5.32 Å². The monoisotopic (exact) mass is 363 g/mol. The van der Waals surface area contributed by atoms with Crippen LogP contribution in [-0.2, 0) is 6.54 Å². The molecule has 0 aromatic heterocycles. The molecule has 1 saturated carbocycles. The lowest BCUT2D eigenvalue weighted by molar-refractivity contribution is -0.0505. The maximum absolute atomic E-state index is 12.4. The Bertz CT molecular complexity index is 459. The summed E-state index contributed by atoms with van der Waals surface area (Å²) in [5, 5.41) is 12.6. The highest BCUT2D eigenvalue weighted by molar-refractivity contribution is 9.10. The SMILES string of the molecule is OCC1CCCC1CNCc1cc(Br)ccc1OC(F)F. The normalized spacial score (nSPS) is 22.0. The average molecular weight is 364 g/mol. The van der Waals surface area contributed by atoms with Crippen molar-refractivity contribution in [2.75, 3.05) is 13.2 Å². The van der Waals surface area contributed by atoms with Gasteiger partial charge in [0.15, 0.2) is 0 Å². The van der Waals surface area contributed by atoms with Gasteiger partial charge >= 0.3 is 6.61 Å². The fourth-order valence-electron chi connectivity index (χ4n) is 2.91. The lowest BCUT2D eigenvalue weighted by Gasteiger charge is -2.18. The number of benzene rings is 1. The van der Waals surface area contributed by atoms with E-state index in [1.807, 2.05) is 0 Å². The zero-order valence-electron chi connectivity index (χ0n) is 11.7. The van der Waals surface area contributed by atoms with E-state index in [0.717, 1.165) is 30.3 Å². The third kappa shape index (κ3) is 4.90. The number of hydrogen-bond acceptors (Lipinski definition) is 3. The number of ether oxygens (including phenoxy) is 1. The molecule has 1 aliphatic carbocycles. The third-order valence-corrected chi connectivity index (χ3v) is 4.50. The maximum atomic E-state index is 12.4. The van der Waals surface area contributed by atoms with Gasteiger partial charge in [-0.15, -0.1) is 0 Å². The number of aliphatic hydroxyl groups excluding tert-OH is 1. The van der Waals surface area contributed by atoms with E-state index in [2.05, 4.69) is 26.0 Å². The maximum Gasteiger partial charge on any atom is 0.387 e. The van der Waals surface area contributed by atoms with Crippen LogP contribution in [0.5, 0.6) is 5.75 Å². The molecule has 0 amide bonds. The standard InChI is InChI=1S/C15H20BrF2NO2/c16-13-4-5-14(21-15(17)18)12(6-13)8-19-7-10-2-1-3-11(10)9-20/h4-6,10-11,15,19-20H,1-3,7-9H2. The fourth-order valence-corrected chi connectivity index (χ4v) is 3.32. The van der Waals surface area contributed by atoms with Crippen molar-refractivity contribution in [3.05, 3.63) is 28.2 Å². The molecule has 1 aromatic carbocycles. The Morgan fingerprint density at radius 1 is 1.33 bits per heavy atom. The summed E-state index contributed by atoms with van der Waals surface area (Å²) in [5.41, 5.74) is 0.697. The number of nitrogens with one attached hydrogen (secondary N) is 1. The minimum absolute atomic E-state index is 0.200. The molecule has 2 N–H and O–H groups in total. The van der Waals surface area contributed by atoms with Crippen LogP contribution in [0.1, 0.15) is 24.8 Å². The van der Waals surface area contributed by atoms with Crippen molar-refractivity contribution in [1.29, 1.82) is 0 Å². The largest absolute Gasteiger partial charge is 0.434 e. The van der Waals surface area contributed by atoms with Crippen LogP contribution >= 0.6 is 15.9 Å². The Morgan fingerprint density at radius 3 is 2.81 bits per heavy atom. The van der Waals surface area contributed by atoms with Gasteiger partial charge in [-0.25, -0.2) is 0 Å². The summed E-state index contributed by atoms with van der Waals surface area (Å²) >= 11 is 3.34. The first-order valence-electron chi connectivity index (χ1n) is 7.15. The molecule has 0 aliphatic heterocycles. The van der Waals surface area contributed by atoms with Crippen LogP contribution in [0.25, 0.3) is 0 Å². The van der Waals surface area contributed by atoms with Gasteiger partial charge in [0.05, 0.1) is 0 Å². The number of hydrogen-bond donors (Lipinski definition) is 2. The molecule has 0 spiro atoms. The molecule has 21 heavy (non-hydrogen) atoms. The van der Waals surface area contributed by atoms with Gasteiger partial charge in [0.1, 0.15) is 5.75 Å². The molecule has 1 aliphatic rings. The quantitative estimate of drug-likeness (QED) is 0.778. The number of alkyl halides is 2. The van der Waals surface area contributed by atoms with Gasteiger partial charge in [0.2, 0.25) is 0 Å². The van der Waals surface area contributed by atoms with Crippen LogP contribution in [0.3, 0.4) is 0 Å². The Labute approximate surface area is 131 Å². The zero-order valence-corrected chi connectivity index (χ0v) is 13.3. The van der Waals surface area contributed by atoms with Gasteiger partial charge < -0.3 is 15.2 Å². The van der Waals surface area contributed by atoms with Gasteiger partial charge in [-0.3, -0.25) is 0 Å². The highest BCUT2D eigenvalue weighted by atomic mass is 79.9. The smallest absolute Gasteiger partial charge is 0.387 e. The van der Waals surface area contributed by atoms with Crippen molar-refractivity contribution in [3.8, 4) is 5.75 Å². The van der Waals surface area contributed by atoms with E-state index in [1.165, 1.54) is 0 Å². The van der Waals surface area contributed by atoms with Crippen LogP contribution in [0.15, 0.2) is 22.7 Å². The van der Waals surface area contributed by atoms with E-state index >= 15 is 0 Å². The highest BCUT2D eigenvalue weighted by Gasteiger charge is 2.26. The van der Waals surface area contributed by atoms with Gasteiger partial charge in [-0.1, -0.05) is 22.4 Å². The molecule has 2 atom stereocenters. The molecule has 0 bridgehead atoms. The van der Waals surface area contributed by atoms with Crippen LogP contribution in [-0.4, -0.2) is 24.9 Å². The summed E-state index contributed by atoms with van der Waals surface area (Å²) in [6, 6.07) is 5.00. The van der Waals surface area contributed by atoms with E-state index in [4.69, 9.17) is 0 Å². The molecule has 1 aromatic rings. The second-order valence-corrected chi connectivity index (χ2v) is 6.31. The Balaban J connectivity index is 1.91. The summed E-state index contributed by atoms with van der Waals surface area (Å²) in [6.07, 6.45) is 3.32. The van der Waals surface area contributed by atoms with E-state index in [-0.39, 0.29) is 12.4 Å². The van der Waals surface area contributed by atoms with Crippen molar-refractivity contribution in [2.45, 2.75) is 32.4 Å². The molecule has 1 fully saturated rings. The highest BCUT2D eigenvalue weighted by Crippen LogP contribution is 2.31. The van der Waals surface area contributed by atoms with Crippen LogP contribution < -0.4 is 10.1 Å². The summed E-state index contributed by atoms with van der Waals surface area (Å²) < 4.78 is 30.1. The molecule has 0 heterocycles. The number of rotatable bonds is 7. The minimum atomic E-state index is -2.82. The van der Waals surface area contributed by atoms with Crippen molar-refractivity contribution in [2.24, 2.45) is 11.8 Å². The van der Waals surface area contributed by atoms with Gasteiger partial charge in [-0.05, 0) is 49.4 Å². The first-order valence-corrected chi connectivity index (χ1v) is 7.94. The predicted octanol–water partition coefficient (Wildman–Crippen LogP) is 3.55. The second-order valence-electron chi connectivity index (χ2n) is 5.40. The average Bonchev–Trinajstić information content (AvgIpc) is 2.89. The van der Waals surface area contributed by atoms with E-state index in [0.29, 0.717) is 23.9 Å². The van der Waals surface area contributed by atoms with Gasteiger partial charge in [-0.2, -0.15) is 8.78 Å². The van der Waals surface area contributed by atoms with Crippen LogP contribution in [0, 0.1) is 11.8 Å². The van der Waals surface area contributed by atoms with Crippen LogP contribution in [0.4, 0.5) is 8.78 Å². The minimum Gasteiger partial charge on any atom is -0.434 e. The van der Waals surface area contributed by atoms with E-state index < -0.39 is 6.61 Å². The second kappa shape index (κ2) is 8.06. The zero-order chi connectivity index (χ0) is 15.2. The van der Waals surface area contributed by atoms with Crippen molar-refractivity contribution in [3.63, 3.8) is 0 Å². The lowest BCUT2D eigenvalue weighted by atomic mass is 9.97.